The van der Waals surface area contributed by atoms with Gasteiger partial charge in [0.25, 0.3) is 0 Å². The summed E-state index contributed by atoms with van der Waals surface area (Å²) in [4.78, 5) is 10.4. The molecule has 1 aromatic rings. The molecule has 0 aromatic heterocycles. The number of nitro groups is 1. The number of hydrogen-bond donors (Lipinski definition) is 2. The predicted molar refractivity (Wildman–Crippen MR) is 77.4 cm³/mol. The molecule has 0 bridgehead atoms. The molecule has 0 heterocycles. The number of aromatic hydroxyl groups is 1. The SMILES string of the molecule is CC[NH+](CC)CC.O=[N+]([O-])c1cc(C(F)(F)F)cc(C(F)(F)F)c1O. The van der Waals surface area contributed by atoms with Crippen LogP contribution in [0, 0.1) is 10.1 Å². The lowest BCUT2D eigenvalue weighted by Crippen LogP contribution is -3.11. The maximum absolute atomic E-state index is 12.3. The largest absolute Gasteiger partial charge is 0.502 e. The molecule has 0 fully saturated rings. The zero-order chi connectivity index (χ0) is 20.0. The van der Waals surface area contributed by atoms with Gasteiger partial charge in [-0.2, -0.15) is 26.3 Å². The van der Waals surface area contributed by atoms with Crippen LogP contribution in [0.4, 0.5) is 32.0 Å². The lowest BCUT2D eigenvalue weighted by molar-refractivity contribution is -0.894. The Bertz CT molecular complexity index is 578. The average Bonchev–Trinajstić information content (AvgIpc) is 2.47. The van der Waals surface area contributed by atoms with E-state index in [0.29, 0.717) is 0 Å². The Morgan fingerprint density at radius 1 is 1.00 bits per heavy atom. The Morgan fingerprint density at radius 2 is 1.44 bits per heavy atom. The molecule has 2 N–H and O–H groups in total. The van der Waals surface area contributed by atoms with Gasteiger partial charge in [-0.1, -0.05) is 0 Å². The maximum Gasteiger partial charge on any atom is 0.420 e. The molecule has 0 saturated heterocycles. The van der Waals surface area contributed by atoms with Crippen LogP contribution in [0.15, 0.2) is 12.1 Å². The number of phenolic OH excluding ortho intramolecular Hbond substituents is 1. The minimum atomic E-state index is -5.34. The van der Waals surface area contributed by atoms with Crippen LogP contribution >= 0.6 is 0 Å². The highest BCUT2D eigenvalue weighted by molar-refractivity contribution is 5.55. The molecule has 25 heavy (non-hydrogen) atoms. The van der Waals surface area contributed by atoms with Crippen LogP contribution in [0.1, 0.15) is 31.9 Å². The zero-order valence-electron chi connectivity index (χ0n) is 13.8. The number of alkyl halides is 6. The molecule has 0 amide bonds. The molecule has 0 aliphatic carbocycles. The Hall–Kier alpha value is -2.04. The third kappa shape index (κ3) is 6.77. The number of nitrogens with one attached hydrogen (secondary N) is 1. The summed E-state index contributed by atoms with van der Waals surface area (Å²) in [5.74, 6) is -1.85. The van der Waals surface area contributed by atoms with Gasteiger partial charge in [0.05, 0.1) is 30.1 Å². The van der Waals surface area contributed by atoms with Crippen molar-refractivity contribution in [2.75, 3.05) is 19.6 Å². The van der Waals surface area contributed by atoms with Crippen LogP contribution in [-0.4, -0.2) is 29.7 Å². The Kier molecular flexibility index (Phi) is 8.16. The van der Waals surface area contributed by atoms with Gasteiger partial charge in [-0.3, -0.25) is 10.1 Å². The van der Waals surface area contributed by atoms with E-state index in [1.165, 1.54) is 19.6 Å². The first-order valence-electron chi connectivity index (χ1n) is 7.28. The molecule has 1 aromatic carbocycles. The fourth-order valence-electron chi connectivity index (χ4n) is 1.89. The van der Waals surface area contributed by atoms with Crippen molar-refractivity contribution in [3.8, 4) is 5.75 Å². The highest BCUT2D eigenvalue weighted by Gasteiger charge is 2.42. The lowest BCUT2D eigenvalue weighted by atomic mass is 10.1. The molecular weight excluding hydrogens is 358 g/mol. The maximum atomic E-state index is 12.3. The molecule has 0 unspecified atom stereocenters. The summed E-state index contributed by atoms with van der Waals surface area (Å²) in [7, 11) is 0. The van der Waals surface area contributed by atoms with Gasteiger partial charge in [0.15, 0.2) is 0 Å². The highest BCUT2D eigenvalue weighted by atomic mass is 19.4. The molecule has 5 nitrogen and oxygen atoms in total. The van der Waals surface area contributed by atoms with Gasteiger partial charge in [0.1, 0.15) is 5.56 Å². The van der Waals surface area contributed by atoms with Gasteiger partial charge in [-0.15, -0.1) is 0 Å². The van der Waals surface area contributed by atoms with E-state index in [4.69, 9.17) is 5.11 Å². The van der Waals surface area contributed by atoms with Crippen molar-refractivity contribution in [1.29, 1.82) is 0 Å². The number of hydrogen-bond acceptors (Lipinski definition) is 3. The van der Waals surface area contributed by atoms with E-state index in [9.17, 15) is 36.5 Å². The van der Waals surface area contributed by atoms with E-state index in [0.717, 1.165) is 0 Å². The predicted octanol–water partition coefficient (Wildman–Crippen LogP) is 3.27. The summed E-state index contributed by atoms with van der Waals surface area (Å²) < 4.78 is 73.7. The smallest absolute Gasteiger partial charge is 0.420 e. The van der Waals surface area contributed by atoms with Crippen LogP contribution in [0.25, 0.3) is 0 Å². The van der Waals surface area contributed by atoms with E-state index < -0.39 is 39.8 Å². The molecule has 0 spiro atoms. The van der Waals surface area contributed by atoms with E-state index in [-0.39, 0.29) is 12.1 Å². The standard InChI is InChI=1S/C8H3F6NO3.C6H15N/c9-7(10,11)3-1-4(8(12,13)14)6(16)5(2-3)15(17)18;1-4-7(5-2)6-3/h1-2,16H;4-6H2,1-3H3/p+1. The summed E-state index contributed by atoms with van der Waals surface area (Å²) in [6.45, 7) is 10.5. The third-order valence-corrected chi connectivity index (χ3v) is 3.42. The van der Waals surface area contributed by atoms with Crippen molar-refractivity contribution in [2.24, 2.45) is 0 Å². The van der Waals surface area contributed by atoms with Crippen LogP contribution in [0.5, 0.6) is 5.75 Å². The second kappa shape index (κ2) is 8.88. The Balaban J connectivity index is 0.000000697. The van der Waals surface area contributed by atoms with E-state index in [1.54, 1.807) is 4.90 Å². The van der Waals surface area contributed by atoms with Gasteiger partial charge < -0.3 is 10.0 Å². The second-order valence-corrected chi connectivity index (χ2v) is 4.95. The van der Waals surface area contributed by atoms with Crippen molar-refractivity contribution >= 4 is 5.69 Å². The fraction of sp³-hybridized carbons (Fsp3) is 0.571. The summed E-state index contributed by atoms with van der Waals surface area (Å²) in [6.07, 6.45) is -10.5. The van der Waals surface area contributed by atoms with Crippen molar-refractivity contribution < 1.29 is 41.3 Å². The molecule has 11 heteroatoms. The number of benzene rings is 1. The second-order valence-electron chi connectivity index (χ2n) is 4.95. The minimum Gasteiger partial charge on any atom is -0.502 e. The number of phenols is 1. The van der Waals surface area contributed by atoms with Crippen molar-refractivity contribution in [2.45, 2.75) is 33.1 Å². The quantitative estimate of drug-likeness (QED) is 0.481. The number of nitro benzene ring substituents is 1. The van der Waals surface area contributed by atoms with Crippen molar-refractivity contribution in [1.82, 2.24) is 0 Å². The molecule has 144 valence electrons. The molecule has 0 aliphatic heterocycles. The van der Waals surface area contributed by atoms with Crippen LogP contribution in [0.3, 0.4) is 0 Å². The average molecular weight is 377 g/mol. The topological polar surface area (TPSA) is 67.8 Å². The summed E-state index contributed by atoms with van der Waals surface area (Å²) in [6, 6.07) is -0.549. The van der Waals surface area contributed by atoms with Gasteiger partial charge in [-0.05, 0) is 26.8 Å². The summed E-state index contributed by atoms with van der Waals surface area (Å²) in [5, 5.41) is 19.2. The normalized spacial score (nSPS) is 11.9. The molecular formula is C14H19F6N2O3+. The number of nitrogens with zero attached hydrogens (tertiary/aromatic N) is 1. The first-order chi connectivity index (χ1) is 11.3. The molecule has 0 radical (unpaired) electrons. The third-order valence-electron chi connectivity index (χ3n) is 3.42. The van der Waals surface area contributed by atoms with Gasteiger partial charge in [-0.25, -0.2) is 0 Å². The van der Waals surface area contributed by atoms with E-state index in [1.807, 2.05) is 0 Å². The van der Waals surface area contributed by atoms with Gasteiger partial charge in [0.2, 0.25) is 5.75 Å². The summed E-state index contributed by atoms with van der Waals surface area (Å²) >= 11 is 0. The highest BCUT2D eigenvalue weighted by Crippen LogP contribution is 2.44. The van der Waals surface area contributed by atoms with Crippen LogP contribution < -0.4 is 4.90 Å². The van der Waals surface area contributed by atoms with Crippen LogP contribution in [0.2, 0.25) is 0 Å². The van der Waals surface area contributed by atoms with Gasteiger partial charge in [0, 0.05) is 6.07 Å². The first kappa shape index (κ1) is 23.0. The molecule has 0 saturated carbocycles. The lowest BCUT2D eigenvalue weighted by Gasteiger charge is -2.12. The van der Waals surface area contributed by atoms with Gasteiger partial charge >= 0.3 is 18.0 Å². The Morgan fingerprint density at radius 3 is 1.68 bits per heavy atom. The molecule has 0 aliphatic rings. The van der Waals surface area contributed by atoms with E-state index in [2.05, 4.69) is 20.8 Å². The number of halogens is 6. The zero-order valence-corrected chi connectivity index (χ0v) is 13.8. The van der Waals surface area contributed by atoms with Crippen molar-refractivity contribution in [3.63, 3.8) is 0 Å². The number of rotatable bonds is 4. The minimum absolute atomic E-state index is 0.162. The Labute approximate surface area is 140 Å². The summed E-state index contributed by atoms with van der Waals surface area (Å²) in [5.41, 5.74) is -5.62. The first-order valence-corrected chi connectivity index (χ1v) is 7.28. The number of quaternary nitrogens is 1. The van der Waals surface area contributed by atoms with Crippen molar-refractivity contribution in [3.05, 3.63) is 33.4 Å². The molecule has 0 atom stereocenters. The monoisotopic (exact) mass is 377 g/mol. The fourth-order valence-corrected chi connectivity index (χ4v) is 1.89. The van der Waals surface area contributed by atoms with E-state index >= 15 is 0 Å². The van der Waals surface area contributed by atoms with Crippen LogP contribution in [-0.2, 0) is 12.4 Å². The molecule has 1 rings (SSSR count).